The van der Waals surface area contributed by atoms with Crippen molar-refractivity contribution >= 4 is 5.97 Å². The van der Waals surface area contributed by atoms with Gasteiger partial charge in [-0.1, -0.05) is 51.7 Å². The Morgan fingerprint density at radius 2 is 1.91 bits per heavy atom. The second-order valence-electron chi connectivity index (χ2n) is 12.4. The molecule has 8 atom stereocenters. The summed E-state index contributed by atoms with van der Waals surface area (Å²) in [6.45, 7) is 14.9. The van der Waals surface area contributed by atoms with E-state index in [4.69, 9.17) is 4.74 Å². The van der Waals surface area contributed by atoms with E-state index in [1.807, 2.05) is 6.92 Å². The third-order valence-corrected chi connectivity index (χ3v) is 10.6. The Hall–Kier alpha value is -1.65. The lowest BCUT2D eigenvalue weighted by Gasteiger charge is -2.45. The fourth-order valence-corrected chi connectivity index (χ4v) is 8.10. The van der Waals surface area contributed by atoms with Gasteiger partial charge in [-0.15, -0.1) is 0 Å². The molecular formula is C30H42O4. The number of aliphatic hydroxyl groups excluding tert-OH is 2. The average molecular weight is 467 g/mol. The second-order valence-corrected chi connectivity index (χ2v) is 12.4. The number of esters is 1. The predicted molar refractivity (Wildman–Crippen MR) is 134 cm³/mol. The number of hydrogen-bond donors (Lipinski definition) is 2. The van der Waals surface area contributed by atoms with Crippen LogP contribution in [0, 0.1) is 34.5 Å². The first kappa shape index (κ1) is 24.1. The van der Waals surface area contributed by atoms with Crippen LogP contribution < -0.4 is 0 Å². The summed E-state index contributed by atoms with van der Waals surface area (Å²) in [7, 11) is 0. The van der Waals surface area contributed by atoms with Crippen LogP contribution in [0.15, 0.2) is 47.6 Å². The third-order valence-electron chi connectivity index (χ3n) is 10.6. The molecule has 0 bridgehead atoms. The summed E-state index contributed by atoms with van der Waals surface area (Å²) in [5.41, 5.74) is 4.20. The lowest BCUT2D eigenvalue weighted by Crippen LogP contribution is -2.37. The van der Waals surface area contributed by atoms with Gasteiger partial charge < -0.3 is 14.9 Å². The van der Waals surface area contributed by atoms with Gasteiger partial charge in [-0.2, -0.15) is 0 Å². The van der Waals surface area contributed by atoms with E-state index in [1.165, 1.54) is 31.3 Å². The molecule has 0 amide bonds. The lowest BCUT2D eigenvalue weighted by molar-refractivity contribution is -0.140. The minimum Gasteiger partial charge on any atom is -0.458 e. The molecule has 4 aliphatic carbocycles. The first-order valence-electron chi connectivity index (χ1n) is 13.4. The molecule has 5 rings (SSSR count). The van der Waals surface area contributed by atoms with Crippen molar-refractivity contribution in [3.05, 3.63) is 47.6 Å². The summed E-state index contributed by atoms with van der Waals surface area (Å²) in [6, 6.07) is 0. The highest BCUT2D eigenvalue weighted by Gasteiger charge is 2.61. The zero-order chi connectivity index (χ0) is 24.4. The van der Waals surface area contributed by atoms with Gasteiger partial charge in [0.1, 0.15) is 6.10 Å². The second kappa shape index (κ2) is 8.48. The van der Waals surface area contributed by atoms with Crippen molar-refractivity contribution in [1.29, 1.82) is 0 Å². The minimum atomic E-state index is -0.669. The van der Waals surface area contributed by atoms with Gasteiger partial charge in [0.15, 0.2) is 0 Å². The molecule has 0 unspecified atom stereocenters. The molecule has 1 saturated heterocycles. The normalized spacial score (nSPS) is 44.6. The molecule has 0 aromatic rings. The molecule has 0 aromatic heterocycles. The Labute approximate surface area is 204 Å². The van der Waals surface area contributed by atoms with E-state index >= 15 is 0 Å². The smallest absolute Gasteiger partial charge is 0.334 e. The molecule has 0 radical (unpaired) electrons. The zero-order valence-corrected chi connectivity index (χ0v) is 21.2. The van der Waals surface area contributed by atoms with Crippen molar-refractivity contribution in [3.63, 3.8) is 0 Å². The van der Waals surface area contributed by atoms with Gasteiger partial charge >= 0.3 is 5.97 Å². The van der Waals surface area contributed by atoms with Gasteiger partial charge in [0.25, 0.3) is 0 Å². The van der Waals surface area contributed by atoms with E-state index in [9.17, 15) is 15.0 Å². The van der Waals surface area contributed by atoms with Crippen LogP contribution in [0.5, 0.6) is 0 Å². The molecule has 186 valence electrons. The molecule has 1 spiro atoms. The molecule has 34 heavy (non-hydrogen) atoms. The van der Waals surface area contributed by atoms with Crippen molar-refractivity contribution in [2.75, 3.05) is 0 Å². The van der Waals surface area contributed by atoms with Gasteiger partial charge in [0.05, 0.1) is 12.2 Å². The maximum atomic E-state index is 12.2. The summed E-state index contributed by atoms with van der Waals surface area (Å²) in [5, 5.41) is 20.8. The molecule has 0 aromatic carbocycles. The maximum absolute atomic E-state index is 12.2. The molecule has 4 heteroatoms. The van der Waals surface area contributed by atoms with Gasteiger partial charge in [0.2, 0.25) is 0 Å². The number of carbonyl (C=O) groups excluding carboxylic acids is 1. The zero-order valence-electron chi connectivity index (χ0n) is 21.2. The number of ether oxygens (including phenoxy) is 1. The number of cyclic esters (lactones) is 1. The summed E-state index contributed by atoms with van der Waals surface area (Å²) in [4.78, 5) is 12.2. The van der Waals surface area contributed by atoms with Gasteiger partial charge in [-0.05, 0) is 92.1 Å². The maximum Gasteiger partial charge on any atom is 0.334 e. The molecule has 4 saturated carbocycles. The standard InChI is InChI=1S/C30H42O4/c1-17(15-26-30(13-14-30)20(4)28(33)34-26)23-10-11-24-21(7-6-12-29(23,24)5)8-9-22-16-25(31)19(3)27(32)18(22)2/h8-9,17,19,23-27,31-32H,2,4,6-7,10-16H2,1,3,5H3/b21-8+,22-9-/t17-,19+,23-,24+,25-,26-,27-,29-/m1/s1. The fourth-order valence-electron chi connectivity index (χ4n) is 8.10. The largest absolute Gasteiger partial charge is 0.458 e. The average Bonchev–Trinajstić information content (AvgIpc) is 3.48. The lowest BCUT2D eigenvalue weighted by atomic mass is 9.60. The SMILES string of the molecule is C=C1/C(=C\C=C2/CCC[C@]3(C)[C@@H]([C@H](C)C[C@H]4OC(=O)C(=C)C45CC5)CC[C@@H]23)C[C@@H](O)[C@H](C)[C@@H]1O. The first-order chi connectivity index (χ1) is 16.1. The van der Waals surface area contributed by atoms with Gasteiger partial charge in [-0.25, -0.2) is 4.79 Å². The summed E-state index contributed by atoms with van der Waals surface area (Å²) >= 11 is 0. The third kappa shape index (κ3) is 3.67. The van der Waals surface area contributed by atoms with E-state index in [1.54, 1.807) is 0 Å². The minimum absolute atomic E-state index is 0.0195. The molecular weight excluding hydrogens is 424 g/mol. The number of aliphatic hydroxyl groups is 2. The number of allylic oxidation sites excluding steroid dienone is 3. The Kier molecular flexibility index (Phi) is 6.00. The quantitative estimate of drug-likeness (QED) is 0.414. The van der Waals surface area contributed by atoms with Crippen LogP contribution in [-0.2, 0) is 9.53 Å². The van der Waals surface area contributed by atoms with Crippen molar-refractivity contribution in [2.45, 2.75) is 96.9 Å². The summed E-state index contributed by atoms with van der Waals surface area (Å²) < 4.78 is 5.81. The van der Waals surface area contributed by atoms with Crippen LogP contribution in [0.2, 0.25) is 0 Å². The number of carbonyl (C=O) groups is 1. The first-order valence-corrected chi connectivity index (χ1v) is 13.4. The van der Waals surface area contributed by atoms with Crippen LogP contribution in [-0.4, -0.2) is 34.5 Å². The Morgan fingerprint density at radius 1 is 1.18 bits per heavy atom. The van der Waals surface area contributed by atoms with Crippen molar-refractivity contribution < 1.29 is 19.7 Å². The highest BCUT2D eigenvalue weighted by molar-refractivity contribution is 5.93. The highest BCUT2D eigenvalue weighted by Crippen LogP contribution is 2.63. The van der Waals surface area contributed by atoms with Crippen molar-refractivity contribution in [2.24, 2.45) is 34.5 Å². The van der Waals surface area contributed by atoms with Crippen molar-refractivity contribution in [3.8, 4) is 0 Å². The number of rotatable bonds is 4. The molecule has 1 aliphatic heterocycles. The van der Waals surface area contributed by atoms with Crippen LogP contribution in [0.3, 0.4) is 0 Å². The highest BCUT2D eigenvalue weighted by atomic mass is 16.6. The monoisotopic (exact) mass is 466 g/mol. The van der Waals surface area contributed by atoms with Gasteiger partial charge in [0, 0.05) is 16.9 Å². The van der Waals surface area contributed by atoms with Gasteiger partial charge in [-0.3, -0.25) is 0 Å². The van der Waals surface area contributed by atoms with E-state index in [0.717, 1.165) is 36.8 Å². The van der Waals surface area contributed by atoms with E-state index < -0.39 is 12.2 Å². The molecule has 1 heterocycles. The molecule has 5 fully saturated rings. The van der Waals surface area contributed by atoms with Crippen LogP contribution in [0.4, 0.5) is 0 Å². The van der Waals surface area contributed by atoms with Crippen molar-refractivity contribution in [1.82, 2.24) is 0 Å². The topological polar surface area (TPSA) is 66.8 Å². The Morgan fingerprint density at radius 3 is 2.62 bits per heavy atom. The number of fused-ring (bicyclic) bond motifs is 1. The predicted octanol–water partition coefficient (Wildman–Crippen LogP) is 5.66. The number of hydrogen-bond acceptors (Lipinski definition) is 4. The van der Waals surface area contributed by atoms with E-state index in [-0.39, 0.29) is 28.8 Å². The Balaban J connectivity index is 1.31. The molecule has 5 aliphatic rings. The van der Waals surface area contributed by atoms with Crippen LogP contribution >= 0.6 is 0 Å². The van der Waals surface area contributed by atoms with Crippen LogP contribution in [0.25, 0.3) is 0 Å². The molecule has 4 nitrogen and oxygen atoms in total. The fraction of sp³-hybridized carbons (Fsp3) is 0.700. The van der Waals surface area contributed by atoms with E-state index in [0.29, 0.717) is 29.7 Å². The Bertz CT molecular complexity index is 953. The summed E-state index contributed by atoms with van der Waals surface area (Å²) in [5.74, 6) is 1.38. The summed E-state index contributed by atoms with van der Waals surface area (Å²) in [6.07, 6.45) is 12.9. The molecule has 2 N–H and O–H groups in total. The van der Waals surface area contributed by atoms with E-state index in [2.05, 4.69) is 39.2 Å². The van der Waals surface area contributed by atoms with Crippen LogP contribution in [0.1, 0.15) is 78.6 Å².